The van der Waals surface area contributed by atoms with Crippen molar-refractivity contribution >= 4 is 11.7 Å². The molecule has 0 spiro atoms. The smallest absolute Gasteiger partial charge is 0.337 e. The number of carbonyl (C=O) groups excluding carboxylic acids is 1. The minimum atomic E-state index is -0.296. The summed E-state index contributed by atoms with van der Waals surface area (Å²) in [6.07, 6.45) is 4.97. The minimum absolute atomic E-state index is 0.296. The highest BCUT2D eigenvalue weighted by Gasteiger charge is 2.16. The summed E-state index contributed by atoms with van der Waals surface area (Å²) in [5.41, 5.74) is 1.55. The van der Waals surface area contributed by atoms with Crippen molar-refractivity contribution in [2.45, 2.75) is 44.7 Å². The number of nitrogens with one attached hydrogen (secondary N) is 2. The van der Waals surface area contributed by atoms with Gasteiger partial charge >= 0.3 is 5.97 Å². The van der Waals surface area contributed by atoms with E-state index in [0.717, 1.165) is 18.7 Å². The van der Waals surface area contributed by atoms with Crippen LogP contribution >= 0.6 is 0 Å². The SMILES string of the molecule is COC(=O)c1cccc(NC(C)CC2CCCCN2)c1. The standard InChI is InChI=1S/C16H24N2O2/c1-12(10-14-7-3-4-9-17-14)18-15-8-5-6-13(11-15)16(19)20-2/h5-6,8,11-12,14,17-18H,3-4,7,9-10H2,1-2H3. The number of hydrogen-bond donors (Lipinski definition) is 2. The molecular weight excluding hydrogens is 252 g/mol. The van der Waals surface area contributed by atoms with Crippen LogP contribution in [-0.4, -0.2) is 31.7 Å². The second kappa shape index (κ2) is 7.29. The van der Waals surface area contributed by atoms with Crippen LogP contribution in [-0.2, 0) is 4.74 Å². The molecule has 1 aromatic carbocycles. The van der Waals surface area contributed by atoms with Gasteiger partial charge in [-0.2, -0.15) is 0 Å². The Hall–Kier alpha value is -1.55. The fourth-order valence-electron chi connectivity index (χ4n) is 2.75. The Morgan fingerprint density at radius 3 is 3.05 bits per heavy atom. The second-order valence-corrected chi connectivity index (χ2v) is 5.50. The maximum atomic E-state index is 11.5. The van der Waals surface area contributed by atoms with Crippen molar-refractivity contribution in [3.8, 4) is 0 Å². The van der Waals surface area contributed by atoms with E-state index >= 15 is 0 Å². The van der Waals surface area contributed by atoms with E-state index in [4.69, 9.17) is 4.74 Å². The van der Waals surface area contributed by atoms with Crippen LogP contribution in [0.25, 0.3) is 0 Å². The average Bonchev–Trinajstić information content (AvgIpc) is 2.47. The lowest BCUT2D eigenvalue weighted by Gasteiger charge is -2.27. The molecule has 0 aromatic heterocycles. The van der Waals surface area contributed by atoms with Gasteiger partial charge in [0.1, 0.15) is 0 Å². The van der Waals surface area contributed by atoms with E-state index in [1.165, 1.54) is 26.4 Å². The van der Waals surface area contributed by atoms with Crippen molar-refractivity contribution in [3.05, 3.63) is 29.8 Å². The van der Waals surface area contributed by atoms with E-state index in [-0.39, 0.29) is 5.97 Å². The van der Waals surface area contributed by atoms with Crippen LogP contribution in [0.4, 0.5) is 5.69 Å². The molecule has 0 aliphatic carbocycles. The molecule has 1 aromatic rings. The van der Waals surface area contributed by atoms with E-state index in [0.29, 0.717) is 17.6 Å². The summed E-state index contributed by atoms with van der Waals surface area (Å²) < 4.78 is 4.74. The molecule has 20 heavy (non-hydrogen) atoms. The number of ether oxygens (including phenoxy) is 1. The van der Waals surface area contributed by atoms with Gasteiger partial charge in [-0.1, -0.05) is 12.5 Å². The summed E-state index contributed by atoms with van der Waals surface area (Å²) in [5.74, 6) is -0.296. The van der Waals surface area contributed by atoms with Crippen molar-refractivity contribution in [2.75, 3.05) is 19.0 Å². The number of methoxy groups -OCH3 is 1. The number of benzene rings is 1. The quantitative estimate of drug-likeness (QED) is 0.812. The summed E-state index contributed by atoms with van der Waals surface area (Å²) in [5, 5.41) is 7.02. The maximum Gasteiger partial charge on any atom is 0.337 e. The summed E-state index contributed by atoms with van der Waals surface area (Å²) in [4.78, 5) is 11.5. The van der Waals surface area contributed by atoms with Gasteiger partial charge in [-0.05, 0) is 50.9 Å². The van der Waals surface area contributed by atoms with Gasteiger partial charge in [-0.3, -0.25) is 0 Å². The van der Waals surface area contributed by atoms with Gasteiger partial charge in [0, 0.05) is 17.8 Å². The first kappa shape index (κ1) is 14.9. The van der Waals surface area contributed by atoms with Crippen molar-refractivity contribution in [1.82, 2.24) is 5.32 Å². The fourth-order valence-corrected chi connectivity index (χ4v) is 2.75. The molecule has 4 nitrogen and oxygen atoms in total. The van der Waals surface area contributed by atoms with E-state index in [1.807, 2.05) is 18.2 Å². The molecular formula is C16H24N2O2. The number of anilines is 1. The summed E-state index contributed by atoms with van der Waals surface area (Å²) >= 11 is 0. The molecule has 1 aliphatic rings. The van der Waals surface area contributed by atoms with Crippen LogP contribution in [0.2, 0.25) is 0 Å². The van der Waals surface area contributed by atoms with Crippen molar-refractivity contribution in [3.63, 3.8) is 0 Å². The normalized spacial score (nSPS) is 20.2. The van der Waals surface area contributed by atoms with Gasteiger partial charge < -0.3 is 15.4 Å². The predicted octanol–water partition coefficient (Wildman–Crippen LogP) is 2.81. The molecule has 0 radical (unpaired) electrons. The largest absolute Gasteiger partial charge is 0.465 e. The highest BCUT2D eigenvalue weighted by atomic mass is 16.5. The van der Waals surface area contributed by atoms with Gasteiger partial charge in [0.15, 0.2) is 0 Å². The van der Waals surface area contributed by atoms with Crippen LogP contribution in [0.3, 0.4) is 0 Å². The highest BCUT2D eigenvalue weighted by Crippen LogP contribution is 2.17. The van der Waals surface area contributed by atoms with Gasteiger partial charge in [-0.15, -0.1) is 0 Å². The maximum absolute atomic E-state index is 11.5. The molecule has 2 unspecified atom stereocenters. The molecule has 2 atom stereocenters. The van der Waals surface area contributed by atoms with Crippen molar-refractivity contribution in [1.29, 1.82) is 0 Å². The zero-order chi connectivity index (χ0) is 14.4. The van der Waals surface area contributed by atoms with Crippen LogP contribution in [0.15, 0.2) is 24.3 Å². The van der Waals surface area contributed by atoms with E-state index < -0.39 is 0 Å². The van der Waals surface area contributed by atoms with Crippen LogP contribution in [0.5, 0.6) is 0 Å². The lowest BCUT2D eigenvalue weighted by atomic mass is 9.98. The number of hydrogen-bond acceptors (Lipinski definition) is 4. The topological polar surface area (TPSA) is 50.4 Å². The van der Waals surface area contributed by atoms with Crippen LogP contribution in [0, 0.1) is 0 Å². The average molecular weight is 276 g/mol. The summed E-state index contributed by atoms with van der Waals surface area (Å²) in [7, 11) is 1.40. The second-order valence-electron chi connectivity index (χ2n) is 5.50. The molecule has 1 aliphatic heterocycles. The molecule has 2 rings (SSSR count). The van der Waals surface area contributed by atoms with Crippen LogP contribution in [0.1, 0.15) is 43.0 Å². The van der Waals surface area contributed by atoms with E-state index in [9.17, 15) is 4.79 Å². The lowest BCUT2D eigenvalue weighted by Crippen LogP contribution is -2.37. The molecule has 1 saturated heterocycles. The zero-order valence-corrected chi connectivity index (χ0v) is 12.3. The first-order valence-electron chi connectivity index (χ1n) is 7.37. The minimum Gasteiger partial charge on any atom is -0.465 e. The zero-order valence-electron chi connectivity index (χ0n) is 12.3. The van der Waals surface area contributed by atoms with Gasteiger partial charge in [0.2, 0.25) is 0 Å². The summed E-state index contributed by atoms with van der Waals surface area (Å²) in [6.45, 7) is 3.32. The first-order chi connectivity index (χ1) is 9.69. The Morgan fingerprint density at radius 1 is 1.50 bits per heavy atom. The number of piperidine rings is 1. The number of carbonyl (C=O) groups is 1. The van der Waals surface area contributed by atoms with Gasteiger partial charge in [-0.25, -0.2) is 4.79 Å². The predicted molar refractivity (Wildman–Crippen MR) is 81.1 cm³/mol. The van der Waals surface area contributed by atoms with Crippen molar-refractivity contribution < 1.29 is 9.53 Å². The molecule has 0 saturated carbocycles. The number of esters is 1. The third kappa shape index (κ3) is 4.23. The molecule has 1 fully saturated rings. The van der Waals surface area contributed by atoms with Crippen LogP contribution < -0.4 is 10.6 Å². The molecule has 2 N–H and O–H groups in total. The lowest BCUT2D eigenvalue weighted by molar-refractivity contribution is 0.0601. The molecule has 0 amide bonds. The fraction of sp³-hybridized carbons (Fsp3) is 0.562. The third-order valence-corrected chi connectivity index (χ3v) is 3.75. The molecule has 4 heteroatoms. The van der Waals surface area contributed by atoms with Crippen molar-refractivity contribution in [2.24, 2.45) is 0 Å². The van der Waals surface area contributed by atoms with Gasteiger partial charge in [0.05, 0.1) is 12.7 Å². The third-order valence-electron chi connectivity index (χ3n) is 3.75. The Balaban J connectivity index is 1.89. The Bertz CT molecular complexity index is 442. The monoisotopic (exact) mass is 276 g/mol. The first-order valence-corrected chi connectivity index (χ1v) is 7.37. The van der Waals surface area contributed by atoms with E-state index in [1.54, 1.807) is 6.07 Å². The molecule has 0 bridgehead atoms. The number of rotatable bonds is 5. The van der Waals surface area contributed by atoms with E-state index in [2.05, 4.69) is 17.6 Å². The molecule has 1 heterocycles. The summed E-state index contributed by atoms with van der Waals surface area (Å²) in [6, 6.07) is 8.45. The Labute approximate surface area is 120 Å². The Morgan fingerprint density at radius 2 is 2.35 bits per heavy atom. The Kier molecular flexibility index (Phi) is 5.41. The molecule has 110 valence electrons. The van der Waals surface area contributed by atoms with Gasteiger partial charge in [0.25, 0.3) is 0 Å². The highest BCUT2D eigenvalue weighted by molar-refractivity contribution is 5.90.